The van der Waals surface area contributed by atoms with Crippen molar-refractivity contribution in [3.05, 3.63) is 38.0 Å². The Balaban J connectivity index is 6.24. The van der Waals surface area contributed by atoms with E-state index >= 15 is 0 Å². The van der Waals surface area contributed by atoms with E-state index in [2.05, 4.69) is 33.9 Å². The lowest BCUT2D eigenvalue weighted by molar-refractivity contribution is -0.344. The zero-order chi connectivity index (χ0) is 18.9. The number of rotatable bonds is 10. The van der Waals surface area contributed by atoms with Crippen molar-refractivity contribution in [3.63, 3.8) is 0 Å². The predicted molar refractivity (Wildman–Crippen MR) is 75.0 cm³/mol. The predicted octanol–water partition coefficient (Wildman–Crippen LogP) is 0.00330. The van der Waals surface area contributed by atoms with Crippen molar-refractivity contribution >= 4 is 29.8 Å². The fourth-order valence-electron chi connectivity index (χ4n) is 1.36. The summed E-state index contributed by atoms with van der Waals surface area (Å²) in [6, 6.07) is 0. The van der Waals surface area contributed by atoms with E-state index < -0.39 is 48.2 Å². The highest BCUT2D eigenvalue weighted by Gasteiger charge is 2.55. The fraction of sp³-hybridized carbons (Fsp3) is 0.214. The van der Waals surface area contributed by atoms with Crippen molar-refractivity contribution < 1.29 is 48.4 Å². The van der Waals surface area contributed by atoms with Crippen molar-refractivity contribution in [2.45, 2.75) is 12.4 Å². The molecular formula is C14H14O10. The maximum Gasteiger partial charge on any atom is 0.438 e. The summed E-state index contributed by atoms with van der Waals surface area (Å²) in [5, 5.41) is 18.0. The van der Waals surface area contributed by atoms with Gasteiger partial charge in [0.25, 0.3) is 0 Å². The second-order valence-corrected chi connectivity index (χ2v) is 3.97. The van der Waals surface area contributed by atoms with Crippen LogP contribution in [0, 0.1) is 5.92 Å². The summed E-state index contributed by atoms with van der Waals surface area (Å²) >= 11 is 0. The van der Waals surface area contributed by atoms with E-state index in [1.165, 1.54) is 0 Å². The fourth-order valence-corrected chi connectivity index (χ4v) is 1.36. The average Bonchev–Trinajstić information content (AvgIpc) is 2.51. The highest BCUT2D eigenvalue weighted by Crippen LogP contribution is 2.30. The van der Waals surface area contributed by atoms with Gasteiger partial charge in [-0.15, -0.1) is 0 Å². The Bertz CT molecular complexity index is 533. The Kier molecular flexibility index (Phi) is 7.61. The molecule has 2 N–H and O–H groups in total. The average molecular weight is 342 g/mol. The first-order chi connectivity index (χ1) is 11.1. The van der Waals surface area contributed by atoms with Crippen molar-refractivity contribution in [1.82, 2.24) is 0 Å². The first kappa shape index (κ1) is 20.6. The Morgan fingerprint density at radius 2 is 1.17 bits per heavy atom. The van der Waals surface area contributed by atoms with E-state index in [1.807, 2.05) is 0 Å². The molecule has 10 nitrogen and oxygen atoms in total. The number of ether oxygens (including phenoxy) is 3. The molecule has 0 saturated heterocycles. The molecule has 0 aromatic rings. The Morgan fingerprint density at radius 3 is 1.38 bits per heavy atom. The maximum atomic E-state index is 11.5. The van der Waals surface area contributed by atoms with Gasteiger partial charge in [-0.25, -0.2) is 14.4 Å². The molecule has 1 unspecified atom stereocenters. The maximum absolute atomic E-state index is 11.5. The van der Waals surface area contributed by atoms with Crippen molar-refractivity contribution in [1.29, 1.82) is 0 Å². The second kappa shape index (κ2) is 8.88. The topological polar surface area (TPSA) is 154 Å². The van der Waals surface area contributed by atoms with Gasteiger partial charge in [0.2, 0.25) is 0 Å². The summed E-state index contributed by atoms with van der Waals surface area (Å²) in [5.74, 6) is -13.1. The molecule has 0 radical (unpaired) electrons. The molecular weight excluding hydrogens is 328 g/mol. The molecule has 0 aromatic heterocycles. The summed E-state index contributed by atoms with van der Waals surface area (Å²) < 4.78 is 13.7. The van der Waals surface area contributed by atoms with Crippen molar-refractivity contribution in [3.8, 4) is 0 Å². The lowest BCUT2D eigenvalue weighted by Gasteiger charge is -2.33. The SMILES string of the molecule is C=CC(=O)OC(OC(=O)C=C)(OC(=O)C=C)C(CC(=O)O)C(=O)O. The minimum absolute atomic E-state index is 0.553. The lowest BCUT2D eigenvalue weighted by atomic mass is 10.0. The van der Waals surface area contributed by atoms with Crippen LogP contribution in [-0.4, -0.2) is 46.0 Å². The number of esters is 3. The van der Waals surface area contributed by atoms with Gasteiger partial charge in [0.15, 0.2) is 5.92 Å². The van der Waals surface area contributed by atoms with Crippen LogP contribution in [0.4, 0.5) is 0 Å². The number of carboxylic acids is 2. The van der Waals surface area contributed by atoms with Crippen LogP contribution < -0.4 is 0 Å². The first-order valence-electron chi connectivity index (χ1n) is 6.12. The van der Waals surface area contributed by atoms with Crippen LogP contribution in [0.2, 0.25) is 0 Å². The van der Waals surface area contributed by atoms with Crippen molar-refractivity contribution in [2.75, 3.05) is 0 Å². The van der Waals surface area contributed by atoms with E-state index in [-0.39, 0.29) is 0 Å². The Morgan fingerprint density at radius 1 is 0.833 bits per heavy atom. The van der Waals surface area contributed by atoms with E-state index in [1.54, 1.807) is 0 Å². The number of carboxylic acid groups (broad SMARTS) is 2. The third kappa shape index (κ3) is 5.75. The summed E-state index contributed by atoms with van der Waals surface area (Å²) in [5.41, 5.74) is 0. The Hall–Kier alpha value is -3.43. The molecule has 0 fully saturated rings. The van der Waals surface area contributed by atoms with Gasteiger partial charge in [-0.3, -0.25) is 9.59 Å². The summed E-state index contributed by atoms with van der Waals surface area (Å²) in [6.45, 7) is 9.15. The molecule has 10 heteroatoms. The standard InChI is InChI=1S/C14H14O10/c1-4-10(17)22-14(23-11(18)5-2,24-12(19)6-3)8(13(20)21)7-9(15)16/h4-6,8H,1-3,7H2,(H,15,16)(H,20,21). The van der Waals surface area contributed by atoms with Gasteiger partial charge in [-0.2, -0.15) is 0 Å². The number of hydrogen-bond donors (Lipinski definition) is 2. The highest BCUT2D eigenvalue weighted by atomic mass is 16.9. The van der Waals surface area contributed by atoms with Crippen LogP contribution in [0.3, 0.4) is 0 Å². The monoisotopic (exact) mass is 342 g/mol. The third-order valence-electron chi connectivity index (χ3n) is 2.33. The van der Waals surface area contributed by atoms with Crippen LogP contribution in [0.15, 0.2) is 38.0 Å². The van der Waals surface area contributed by atoms with Crippen LogP contribution >= 0.6 is 0 Å². The molecule has 0 aliphatic rings. The van der Waals surface area contributed by atoms with Gasteiger partial charge in [0, 0.05) is 18.2 Å². The van der Waals surface area contributed by atoms with E-state index in [4.69, 9.17) is 5.11 Å². The minimum Gasteiger partial charge on any atom is -0.481 e. The van der Waals surface area contributed by atoms with Gasteiger partial charge in [-0.05, 0) is 0 Å². The minimum atomic E-state index is -3.20. The molecule has 0 amide bonds. The molecule has 24 heavy (non-hydrogen) atoms. The number of carbonyl (C=O) groups is 5. The second-order valence-electron chi connectivity index (χ2n) is 3.97. The van der Waals surface area contributed by atoms with Crippen LogP contribution in [-0.2, 0) is 38.2 Å². The van der Waals surface area contributed by atoms with Gasteiger partial charge in [0.05, 0.1) is 6.42 Å². The van der Waals surface area contributed by atoms with Crippen LogP contribution in [0.25, 0.3) is 0 Å². The lowest BCUT2D eigenvalue weighted by Crippen LogP contribution is -2.53. The molecule has 0 rings (SSSR count). The zero-order valence-corrected chi connectivity index (χ0v) is 12.3. The normalized spacial score (nSPS) is 11.3. The first-order valence-corrected chi connectivity index (χ1v) is 6.12. The van der Waals surface area contributed by atoms with Gasteiger partial charge in [0.1, 0.15) is 0 Å². The number of aliphatic carboxylic acids is 2. The van der Waals surface area contributed by atoms with Gasteiger partial charge in [-0.1, -0.05) is 19.7 Å². The zero-order valence-electron chi connectivity index (χ0n) is 12.3. The molecule has 0 aliphatic carbocycles. The molecule has 0 aromatic carbocycles. The Labute approximate surface area is 135 Å². The summed E-state index contributed by atoms with van der Waals surface area (Å²) in [6.07, 6.45) is 0.447. The quantitative estimate of drug-likeness (QED) is 0.315. The molecule has 0 heterocycles. The van der Waals surface area contributed by atoms with Crippen molar-refractivity contribution in [2.24, 2.45) is 5.92 Å². The van der Waals surface area contributed by atoms with Crippen LogP contribution in [0.1, 0.15) is 6.42 Å². The van der Waals surface area contributed by atoms with Crippen LogP contribution in [0.5, 0.6) is 0 Å². The molecule has 1 atom stereocenters. The van der Waals surface area contributed by atoms with Gasteiger partial charge < -0.3 is 24.4 Å². The molecule has 0 spiro atoms. The summed E-state index contributed by atoms with van der Waals surface area (Å²) in [7, 11) is 0. The molecule has 0 aliphatic heterocycles. The summed E-state index contributed by atoms with van der Waals surface area (Å²) in [4.78, 5) is 56.7. The number of hydrogen-bond acceptors (Lipinski definition) is 8. The van der Waals surface area contributed by atoms with E-state index in [9.17, 15) is 29.1 Å². The number of carbonyl (C=O) groups excluding carboxylic acids is 3. The third-order valence-corrected chi connectivity index (χ3v) is 2.33. The smallest absolute Gasteiger partial charge is 0.438 e. The highest BCUT2D eigenvalue weighted by molar-refractivity contribution is 5.87. The van der Waals surface area contributed by atoms with E-state index in [0.29, 0.717) is 18.2 Å². The molecule has 0 bridgehead atoms. The largest absolute Gasteiger partial charge is 0.481 e. The van der Waals surface area contributed by atoms with E-state index in [0.717, 1.165) is 0 Å². The molecule has 130 valence electrons. The van der Waals surface area contributed by atoms with Gasteiger partial charge >= 0.3 is 35.8 Å². The molecule has 0 saturated carbocycles.